The lowest BCUT2D eigenvalue weighted by Gasteiger charge is -2.25. The van der Waals surface area contributed by atoms with Gasteiger partial charge in [-0.15, -0.1) is 0 Å². The van der Waals surface area contributed by atoms with Crippen molar-refractivity contribution in [3.05, 3.63) is 47.2 Å². The van der Waals surface area contributed by atoms with Gasteiger partial charge in [0.05, 0.1) is 6.10 Å². The van der Waals surface area contributed by atoms with Gasteiger partial charge < -0.3 is 19.5 Å². The molecule has 1 fully saturated rings. The Balaban J connectivity index is 1.63. The third kappa shape index (κ3) is 7.21. The molecule has 1 aliphatic rings. The fourth-order valence-electron chi connectivity index (χ4n) is 3.79. The van der Waals surface area contributed by atoms with Crippen LogP contribution in [-0.4, -0.2) is 47.7 Å². The maximum Gasteiger partial charge on any atom is 0.254 e. The Bertz CT molecular complexity index is 841. The Labute approximate surface area is 184 Å². The van der Waals surface area contributed by atoms with Gasteiger partial charge in [0.2, 0.25) is 5.91 Å². The number of nitrogens with one attached hydrogen (secondary N) is 1. The Morgan fingerprint density at radius 2 is 2.00 bits per heavy atom. The molecule has 31 heavy (non-hydrogen) atoms. The van der Waals surface area contributed by atoms with Crippen LogP contribution in [0.25, 0.3) is 0 Å². The standard InChI is InChI=1S/C24H33N3O4/c1-3-4-5-6-8-19-10-12-20(13-11-19)24(29)27(16-21-9-7-14-30-21)17-23(28)25-22-15-18(2)31-26-22/h10-13,15,21H,3-9,14,16-17H2,1-2H3,(H,25,26,28). The van der Waals surface area contributed by atoms with Crippen LogP contribution in [0.1, 0.15) is 67.1 Å². The summed E-state index contributed by atoms with van der Waals surface area (Å²) in [5, 5.41) is 6.47. The molecular weight excluding hydrogens is 394 g/mol. The summed E-state index contributed by atoms with van der Waals surface area (Å²) < 4.78 is 10.7. The third-order valence-corrected chi connectivity index (χ3v) is 5.49. The van der Waals surface area contributed by atoms with Crippen LogP contribution in [0.3, 0.4) is 0 Å². The van der Waals surface area contributed by atoms with Crippen molar-refractivity contribution in [2.45, 2.75) is 64.9 Å². The smallest absolute Gasteiger partial charge is 0.254 e. The summed E-state index contributed by atoms with van der Waals surface area (Å²) in [6.07, 6.45) is 7.72. The minimum atomic E-state index is -0.313. The molecule has 1 unspecified atom stereocenters. The molecular formula is C24H33N3O4. The predicted octanol–water partition coefficient (Wildman–Crippen LogP) is 4.37. The number of benzene rings is 1. The number of anilines is 1. The van der Waals surface area contributed by atoms with Gasteiger partial charge in [0, 0.05) is 24.8 Å². The quantitative estimate of drug-likeness (QED) is 0.539. The van der Waals surface area contributed by atoms with Crippen molar-refractivity contribution in [3.63, 3.8) is 0 Å². The molecule has 0 aliphatic carbocycles. The van der Waals surface area contributed by atoms with Crippen LogP contribution in [-0.2, 0) is 16.0 Å². The number of unbranched alkanes of at least 4 members (excludes halogenated alkanes) is 3. The number of hydrogen-bond donors (Lipinski definition) is 1. The highest BCUT2D eigenvalue weighted by molar-refractivity contribution is 5.99. The number of nitrogens with zero attached hydrogens (tertiary/aromatic N) is 2. The fourth-order valence-corrected chi connectivity index (χ4v) is 3.79. The number of hydrogen-bond acceptors (Lipinski definition) is 5. The van der Waals surface area contributed by atoms with Gasteiger partial charge in [-0.3, -0.25) is 9.59 Å². The first-order valence-electron chi connectivity index (χ1n) is 11.3. The number of rotatable bonds is 11. The number of aryl methyl sites for hydroxylation is 2. The molecule has 168 valence electrons. The van der Waals surface area contributed by atoms with E-state index in [4.69, 9.17) is 9.26 Å². The molecule has 7 heteroatoms. The number of aromatic nitrogens is 1. The third-order valence-electron chi connectivity index (χ3n) is 5.49. The molecule has 7 nitrogen and oxygen atoms in total. The average molecular weight is 428 g/mol. The van der Waals surface area contributed by atoms with E-state index in [2.05, 4.69) is 17.4 Å². The normalized spacial score (nSPS) is 15.7. The van der Waals surface area contributed by atoms with Gasteiger partial charge in [-0.25, -0.2) is 0 Å². The van der Waals surface area contributed by atoms with Crippen molar-refractivity contribution in [3.8, 4) is 0 Å². The summed E-state index contributed by atoms with van der Waals surface area (Å²) >= 11 is 0. The molecule has 0 bridgehead atoms. The monoisotopic (exact) mass is 427 g/mol. The molecule has 0 saturated carbocycles. The van der Waals surface area contributed by atoms with E-state index >= 15 is 0 Å². The van der Waals surface area contributed by atoms with Crippen LogP contribution in [0.4, 0.5) is 5.82 Å². The molecule has 3 rings (SSSR count). The van der Waals surface area contributed by atoms with Gasteiger partial charge in [0.1, 0.15) is 12.3 Å². The van der Waals surface area contributed by atoms with E-state index < -0.39 is 0 Å². The zero-order valence-electron chi connectivity index (χ0n) is 18.6. The van der Waals surface area contributed by atoms with E-state index in [-0.39, 0.29) is 24.5 Å². The van der Waals surface area contributed by atoms with Crippen molar-refractivity contribution in [2.24, 2.45) is 0 Å². The largest absolute Gasteiger partial charge is 0.376 e. The summed E-state index contributed by atoms with van der Waals surface area (Å²) in [6.45, 7) is 4.98. The van der Waals surface area contributed by atoms with Gasteiger partial charge in [-0.2, -0.15) is 0 Å². The van der Waals surface area contributed by atoms with Crippen molar-refractivity contribution in [1.29, 1.82) is 0 Å². The summed E-state index contributed by atoms with van der Waals surface area (Å²) in [7, 11) is 0. The Morgan fingerprint density at radius 3 is 2.65 bits per heavy atom. The van der Waals surface area contributed by atoms with Crippen molar-refractivity contribution in [1.82, 2.24) is 10.1 Å². The lowest BCUT2D eigenvalue weighted by molar-refractivity contribution is -0.117. The van der Waals surface area contributed by atoms with Crippen molar-refractivity contribution < 1.29 is 18.8 Å². The summed E-state index contributed by atoms with van der Waals surface area (Å²) in [5.74, 6) is 0.475. The van der Waals surface area contributed by atoms with Crippen LogP contribution in [0.2, 0.25) is 0 Å². The van der Waals surface area contributed by atoms with E-state index in [0.717, 1.165) is 25.7 Å². The molecule has 2 heterocycles. The highest BCUT2D eigenvalue weighted by atomic mass is 16.5. The number of ether oxygens (including phenoxy) is 1. The molecule has 1 aromatic carbocycles. The van der Waals surface area contributed by atoms with Crippen LogP contribution in [0.5, 0.6) is 0 Å². The second kappa shape index (κ2) is 11.6. The molecule has 0 radical (unpaired) electrons. The van der Waals surface area contributed by atoms with E-state index in [1.807, 2.05) is 24.3 Å². The molecule has 1 aromatic heterocycles. The molecule has 1 N–H and O–H groups in total. The second-order valence-electron chi connectivity index (χ2n) is 8.20. The predicted molar refractivity (Wildman–Crippen MR) is 119 cm³/mol. The van der Waals surface area contributed by atoms with Gasteiger partial charge in [0.15, 0.2) is 5.82 Å². The van der Waals surface area contributed by atoms with Crippen LogP contribution < -0.4 is 5.32 Å². The molecule has 1 saturated heterocycles. The van der Waals surface area contributed by atoms with Gasteiger partial charge in [0.25, 0.3) is 5.91 Å². The minimum absolute atomic E-state index is 0.0381. The summed E-state index contributed by atoms with van der Waals surface area (Å²) in [5.41, 5.74) is 1.82. The van der Waals surface area contributed by atoms with Crippen LogP contribution in [0, 0.1) is 6.92 Å². The van der Waals surface area contributed by atoms with Crippen molar-refractivity contribution in [2.75, 3.05) is 25.0 Å². The molecule has 1 aliphatic heterocycles. The first-order chi connectivity index (χ1) is 15.0. The average Bonchev–Trinajstić information content (AvgIpc) is 3.42. The zero-order chi connectivity index (χ0) is 22.1. The Kier molecular flexibility index (Phi) is 8.64. The molecule has 0 spiro atoms. The summed E-state index contributed by atoms with van der Waals surface area (Å²) in [4.78, 5) is 27.3. The van der Waals surface area contributed by atoms with E-state index in [1.165, 1.54) is 24.8 Å². The zero-order valence-corrected chi connectivity index (χ0v) is 18.6. The Hall–Kier alpha value is -2.67. The highest BCUT2D eigenvalue weighted by Gasteiger charge is 2.25. The van der Waals surface area contributed by atoms with Crippen LogP contribution >= 0.6 is 0 Å². The fraction of sp³-hybridized carbons (Fsp3) is 0.542. The number of amides is 2. The minimum Gasteiger partial charge on any atom is -0.376 e. The van der Waals surface area contributed by atoms with E-state index in [1.54, 1.807) is 17.9 Å². The Morgan fingerprint density at radius 1 is 1.19 bits per heavy atom. The topological polar surface area (TPSA) is 84.7 Å². The lowest BCUT2D eigenvalue weighted by atomic mass is 10.0. The first kappa shape index (κ1) is 23.0. The maximum atomic E-state index is 13.2. The highest BCUT2D eigenvalue weighted by Crippen LogP contribution is 2.17. The van der Waals surface area contributed by atoms with E-state index in [9.17, 15) is 9.59 Å². The first-order valence-corrected chi connectivity index (χ1v) is 11.3. The SMILES string of the molecule is CCCCCCc1ccc(C(=O)N(CC(=O)Nc2cc(C)on2)CC2CCCO2)cc1. The van der Waals surface area contributed by atoms with Gasteiger partial charge in [-0.1, -0.05) is 43.5 Å². The number of carbonyl (C=O) groups excluding carboxylic acids is 2. The second-order valence-corrected chi connectivity index (χ2v) is 8.20. The lowest BCUT2D eigenvalue weighted by Crippen LogP contribution is -2.42. The number of carbonyl (C=O) groups is 2. The van der Waals surface area contributed by atoms with Crippen LogP contribution in [0.15, 0.2) is 34.9 Å². The molecule has 2 amide bonds. The van der Waals surface area contributed by atoms with Gasteiger partial charge >= 0.3 is 0 Å². The molecule has 1 atom stereocenters. The van der Waals surface area contributed by atoms with E-state index in [0.29, 0.717) is 30.3 Å². The maximum absolute atomic E-state index is 13.2. The summed E-state index contributed by atoms with van der Waals surface area (Å²) in [6, 6.07) is 9.39. The van der Waals surface area contributed by atoms with Crippen molar-refractivity contribution >= 4 is 17.6 Å². The molecule has 2 aromatic rings. The van der Waals surface area contributed by atoms with Gasteiger partial charge in [-0.05, 0) is 50.3 Å².